The molecule has 0 aliphatic heterocycles. The molecule has 0 radical (unpaired) electrons. The van der Waals surface area contributed by atoms with Crippen molar-refractivity contribution in [3.8, 4) is 11.1 Å². The van der Waals surface area contributed by atoms with Crippen LogP contribution in [0.4, 0.5) is 0 Å². The van der Waals surface area contributed by atoms with Crippen molar-refractivity contribution in [1.29, 1.82) is 0 Å². The van der Waals surface area contributed by atoms with E-state index >= 15 is 0 Å². The van der Waals surface area contributed by atoms with Gasteiger partial charge in [0.15, 0.2) is 19.7 Å². The number of carboxylic acid groups (broad SMARTS) is 1. The first-order valence-electron chi connectivity index (χ1n) is 11.9. The Morgan fingerprint density at radius 3 is 2.21 bits per heavy atom. The van der Waals surface area contributed by atoms with Gasteiger partial charge in [-0.05, 0) is 72.9 Å². The summed E-state index contributed by atoms with van der Waals surface area (Å²) in [7, 11) is -6.82. The van der Waals surface area contributed by atoms with E-state index in [9.17, 15) is 26.7 Å². The van der Waals surface area contributed by atoms with E-state index in [1.165, 1.54) is 30.5 Å². The number of carbonyl (C=O) groups is 1. The number of carboxylic acids is 1. The minimum absolute atomic E-state index is 0.128. The van der Waals surface area contributed by atoms with Gasteiger partial charge in [-0.3, -0.25) is 9.78 Å². The van der Waals surface area contributed by atoms with Gasteiger partial charge < -0.3 is 5.11 Å². The standard InChI is InChI=1S/C29H29NO6S2/c1-29(2,38(4,35)36)23-17-22-9-6-14-30-27(22)25(18-23)21-8-5-7-19(15-21)16-26(28(31)32)20-10-12-24(13-11-20)37(3,33)34/h5-15,17-18,26H,16H2,1-4H3,(H,31,32). The summed E-state index contributed by atoms with van der Waals surface area (Å²) in [5.74, 6) is -1.91. The third-order valence-electron chi connectivity index (χ3n) is 7.01. The average molecular weight is 552 g/mol. The molecule has 38 heavy (non-hydrogen) atoms. The summed E-state index contributed by atoms with van der Waals surface area (Å²) >= 11 is 0. The Bertz CT molecular complexity index is 1740. The zero-order valence-corrected chi connectivity index (χ0v) is 23.2. The number of rotatable bonds is 8. The van der Waals surface area contributed by atoms with E-state index in [1.807, 2.05) is 42.5 Å². The molecule has 3 aromatic carbocycles. The highest BCUT2D eigenvalue weighted by Gasteiger charge is 2.33. The molecule has 1 aromatic heterocycles. The lowest BCUT2D eigenvalue weighted by Gasteiger charge is -2.24. The molecular formula is C29H29NO6S2. The SMILES string of the molecule is CC(C)(c1cc(-c2cccc(CC(C(=O)O)c3ccc(S(C)(=O)=O)cc3)c2)c2ncccc2c1)S(C)(=O)=O. The monoisotopic (exact) mass is 551 g/mol. The van der Waals surface area contributed by atoms with E-state index in [0.717, 1.165) is 28.3 Å². The fourth-order valence-electron chi connectivity index (χ4n) is 4.37. The lowest BCUT2D eigenvalue weighted by Crippen LogP contribution is -2.28. The van der Waals surface area contributed by atoms with Crippen LogP contribution in [-0.4, -0.2) is 45.4 Å². The largest absolute Gasteiger partial charge is 0.481 e. The van der Waals surface area contributed by atoms with Gasteiger partial charge in [0.2, 0.25) is 0 Å². The highest BCUT2D eigenvalue weighted by Crippen LogP contribution is 2.37. The molecule has 0 fully saturated rings. The van der Waals surface area contributed by atoms with Crippen LogP contribution < -0.4 is 0 Å². The number of pyridine rings is 1. The Labute approximate surface area is 223 Å². The summed E-state index contributed by atoms with van der Waals surface area (Å²) < 4.78 is 47.6. The quantitative estimate of drug-likeness (QED) is 0.327. The molecule has 4 rings (SSSR count). The van der Waals surface area contributed by atoms with Gasteiger partial charge in [0.05, 0.1) is 21.1 Å². The maximum Gasteiger partial charge on any atom is 0.311 e. The second-order valence-corrected chi connectivity index (χ2v) is 14.6. The predicted molar refractivity (Wildman–Crippen MR) is 149 cm³/mol. The molecule has 1 atom stereocenters. The molecule has 1 heterocycles. The number of hydrogen-bond donors (Lipinski definition) is 1. The molecule has 0 amide bonds. The van der Waals surface area contributed by atoms with Crippen LogP contribution in [0.15, 0.2) is 83.9 Å². The number of aliphatic carboxylic acids is 1. The molecule has 0 bridgehead atoms. The van der Waals surface area contributed by atoms with Gasteiger partial charge in [-0.2, -0.15) is 0 Å². The Hall–Kier alpha value is -3.56. The summed E-state index contributed by atoms with van der Waals surface area (Å²) in [6, 6.07) is 20.7. The third kappa shape index (κ3) is 5.49. The van der Waals surface area contributed by atoms with E-state index in [1.54, 1.807) is 26.1 Å². The van der Waals surface area contributed by atoms with Crippen LogP contribution in [0, 0.1) is 0 Å². The molecule has 4 aromatic rings. The average Bonchev–Trinajstić information content (AvgIpc) is 2.85. The maximum absolute atomic E-state index is 12.6. The van der Waals surface area contributed by atoms with Gasteiger partial charge in [0, 0.05) is 29.7 Å². The number of nitrogens with zero attached hydrogens (tertiary/aromatic N) is 1. The minimum atomic E-state index is -3.42. The fraction of sp³-hybridized carbons (Fsp3) is 0.241. The molecule has 0 aliphatic carbocycles. The number of aromatic nitrogens is 1. The van der Waals surface area contributed by atoms with Crippen molar-refractivity contribution in [3.05, 3.63) is 95.7 Å². The van der Waals surface area contributed by atoms with Crippen LogP contribution in [0.25, 0.3) is 22.0 Å². The number of benzene rings is 3. The normalized spacial score (nSPS) is 13.4. The van der Waals surface area contributed by atoms with E-state index in [0.29, 0.717) is 16.6 Å². The molecule has 0 spiro atoms. The number of hydrogen-bond acceptors (Lipinski definition) is 6. The predicted octanol–water partition coefficient (Wildman–Crippen LogP) is 5.00. The molecule has 0 saturated heterocycles. The first-order chi connectivity index (χ1) is 17.7. The molecule has 0 aliphatic rings. The first-order valence-corrected chi connectivity index (χ1v) is 15.7. The summed E-state index contributed by atoms with van der Waals surface area (Å²) in [6.45, 7) is 3.35. The summed E-state index contributed by atoms with van der Waals surface area (Å²) in [5, 5.41) is 10.8. The van der Waals surface area contributed by atoms with Gasteiger partial charge in [-0.25, -0.2) is 16.8 Å². The van der Waals surface area contributed by atoms with E-state index in [4.69, 9.17) is 0 Å². The summed E-state index contributed by atoms with van der Waals surface area (Å²) in [4.78, 5) is 16.9. The van der Waals surface area contributed by atoms with Gasteiger partial charge >= 0.3 is 5.97 Å². The fourth-order valence-corrected chi connectivity index (χ4v) is 5.55. The van der Waals surface area contributed by atoms with Gasteiger partial charge in [0.25, 0.3) is 0 Å². The zero-order valence-electron chi connectivity index (χ0n) is 21.5. The molecular weight excluding hydrogens is 522 g/mol. The Kier molecular flexibility index (Phi) is 7.20. The highest BCUT2D eigenvalue weighted by molar-refractivity contribution is 7.91. The molecule has 0 saturated carbocycles. The zero-order chi connectivity index (χ0) is 27.9. The Morgan fingerprint density at radius 1 is 0.921 bits per heavy atom. The van der Waals surface area contributed by atoms with Crippen LogP contribution >= 0.6 is 0 Å². The Morgan fingerprint density at radius 2 is 1.61 bits per heavy atom. The van der Waals surface area contributed by atoms with Gasteiger partial charge in [-0.15, -0.1) is 0 Å². The lowest BCUT2D eigenvalue weighted by atomic mass is 9.89. The summed E-state index contributed by atoms with van der Waals surface area (Å²) in [6.07, 6.45) is 4.18. The van der Waals surface area contributed by atoms with Crippen LogP contribution in [-0.2, 0) is 35.6 Å². The van der Waals surface area contributed by atoms with Crippen molar-refractivity contribution in [1.82, 2.24) is 4.98 Å². The smallest absolute Gasteiger partial charge is 0.311 e. The first kappa shape index (κ1) is 27.5. The molecule has 9 heteroatoms. The van der Waals surface area contributed by atoms with Crippen LogP contribution in [0.1, 0.15) is 36.5 Å². The summed E-state index contributed by atoms with van der Waals surface area (Å²) in [5.41, 5.74) is 4.15. The highest BCUT2D eigenvalue weighted by atomic mass is 32.2. The second-order valence-electron chi connectivity index (χ2n) is 10.0. The van der Waals surface area contributed by atoms with E-state index in [-0.39, 0.29) is 11.3 Å². The topological polar surface area (TPSA) is 118 Å². The molecule has 198 valence electrons. The van der Waals surface area contributed by atoms with Crippen molar-refractivity contribution in [2.75, 3.05) is 12.5 Å². The van der Waals surface area contributed by atoms with Crippen molar-refractivity contribution >= 4 is 36.5 Å². The van der Waals surface area contributed by atoms with Crippen LogP contribution in [0.5, 0.6) is 0 Å². The van der Waals surface area contributed by atoms with Crippen molar-refractivity contribution in [3.63, 3.8) is 0 Å². The maximum atomic E-state index is 12.6. The van der Waals surface area contributed by atoms with E-state index in [2.05, 4.69) is 4.98 Å². The van der Waals surface area contributed by atoms with Crippen LogP contribution in [0.2, 0.25) is 0 Å². The van der Waals surface area contributed by atoms with Crippen molar-refractivity contribution in [2.45, 2.75) is 35.8 Å². The Balaban J connectivity index is 1.78. The molecule has 1 unspecified atom stereocenters. The molecule has 1 N–H and O–H groups in total. The lowest BCUT2D eigenvalue weighted by molar-refractivity contribution is -0.138. The minimum Gasteiger partial charge on any atom is -0.481 e. The number of fused-ring (bicyclic) bond motifs is 1. The number of sulfone groups is 2. The third-order valence-corrected chi connectivity index (χ3v) is 10.2. The van der Waals surface area contributed by atoms with Crippen molar-refractivity contribution in [2.24, 2.45) is 0 Å². The van der Waals surface area contributed by atoms with Gasteiger partial charge in [-0.1, -0.05) is 42.5 Å². The molecule has 7 nitrogen and oxygen atoms in total. The van der Waals surface area contributed by atoms with Gasteiger partial charge in [0.1, 0.15) is 0 Å². The van der Waals surface area contributed by atoms with E-state index < -0.39 is 36.3 Å². The van der Waals surface area contributed by atoms with Crippen molar-refractivity contribution < 1.29 is 26.7 Å². The van der Waals surface area contributed by atoms with Crippen LogP contribution in [0.3, 0.4) is 0 Å². The second kappa shape index (κ2) is 9.96.